The van der Waals surface area contributed by atoms with E-state index in [1.165, 1.54) is 109 Å². The first-order valence-electron chi connectivity index (χ1n) is 14.8. The second-order valence-corrected chi connectivity index (χ2v) is 11.9. The number of aliphatic imine (C=N–C) groups is 1. The Balaban J connectivity index is 1.16. The number of hydrogen-bond acceptors (Lipinski definition) is 3. The molecule has 0 saturated heterocycles. The minimum atomic E-state index is 0.275. The zero-order valence-corrected chi connectivity index (χ0v) is 21.7. The molecule has 0 bridgehead atoms. The molecule has 190 valence electrons. The number of nitrogens with zero attached hydrogens (tertiary/aromatic N) is 1. The van der Waals surface area contributed by atoms with E-state index in [1.54, 1.807) is 0 Å². The predicted molar refractivity (Wildman–Crippen MR) is 141 cm³/mol. The zero-order chi connectivity index (χ0) is 23.4. The van der Waals surface area contributed by atoms with E-state index in [1.807, 2.05) is 0 Å². The second-order valence-electron chi connectivity index (χ2n) is 11.9. The van der Waals surface area contributed by atoms with Gasteiger partial charge in [-0.2, -0.15) is 0 Å². The minimum absolute atomic E-state index is 0.275. The fourth-order valence-corrected chi connectivity index (χ4v) is 7.12. The number of rotatable bonds is 8. The van der Waals surface area contributed by atoms with Crippen LogP contribution in [0.4, 0.5) is 0 Å². The lowest BCUT2D eigenvalue weighted by atomic mass is 9.74. The fourth-order valence-electron chi connectivity index (χ4n) is 7.12. The summed E-state index contributed by atoms with van der Waals surface area (Å²) in [7, 11) is 0. The first-order valence-corrected chi connectivity index (χ1v) is 14.8. The lowest BCUT2D eigenvalue weighted by Crippen LogP contribution is -2.37. The third-order valence-electron chi connectivity index (χ3n) is 9.29. The van der Waals surface area contributed by atoms with E-state index in [2.05, 4.69) is 29.5 Å². The molecule has 3 unspecified atom stereocenters. The minimum Gasteiger partial charge on any atom is -0.446 e. The Morgan fingerprint density at radius 1 is 0.676 bits per heavy atom. The van der Waals surface area contributed by atoms with E-state index in [-0.39, 0.29) is 12.1 Å². The molecule has 0 N–H and O–H groups in total. The van der Waals surface area contributed by atoms with Crippen LogP contribution >= 0.6 is 0 Å². The molecule has 4 fully saturated rings. The molecule has 3 heteroatoms. The molecule has 0 aromatic heterocycles. The van der Waals surface area contributed by atoms with Crippen LogP contribution < -0.4 is 0 Å². The van der Waals surface area contributed by atoms with Crippen LogP contribution in [0.3, 0.4) is 0 Å². The normalized spacial score (nSPS) is 33.4. The van der Waals surface area contributed by atoms with Gasteiger partial charge in [-0.1, -0.05) is 44.4 Å². The maximum absolute atomic E-state index is 6.53. The van der Waals surface area contributed by atoms with Gasteiger partial charge in [0, 0.05) is 12.5 Å². The van der Waals surface area contributed by atoms with Crippen LogP contribution in [0.15, 0.2) is 11.6 Å². The second kappa shape index (κ2) is 14.4. The largest absolute Gasteiger partial charge is 0.446 e. The Morgan fingerprint density at radius 2 is 1.32 bits per heavy atom. The Hall–Kier alpha value is -1.23. The topological polar surface area (TPSA) is 30.8 Å². The summed E-state index contributed by atoms with van der Waals surface area (Å²) in [6.07, 6.45) is 27.2. The molecule has 0 heterocycles. The molecule has 4 aliphatic carbocycles. The van der Waals surface area contributed by atoms with Crippen LogP contribution in [0.5, 0.6) is 0 Å². The van der Waals surface area contributed by atoms with Crippen molar-refractivity contribution in [2.24, 2.45) is 34.6 Å². The Morgan fingerprint density at radius 3 is 2.00 bits per heavy atom. The summed E-state index contributed by atoms with van der Waals surface area (Å²) in [4.78, 5) is 4.57. The van der Waals surface area contributed by atoms with Crippen molar-refractivity contribution in [1.82, 2.24) is 0 Å². The first kappa shape index (κ1) is 25.9. The first-order chi connectivity index (χ1) is 16.8. The Labute approximate surface area is 209 Å². The van der Waals surface area contributed by atoms with Crippen molar-refractivity contribution in [3.8, 4) is 12.0 Å². The highest BCUT2D eigenvalue weighted by molar-refractivity contribution is 5.47. The molecular weight excluding hydrogens is 418 g/mol. The quantitative estimate of drug-likeness (QED) is 0.270. The van der Waals surface area contributed by atoms with Crippen molar-refractivity contribution < 1.29 is 9.47 Å². The van der Waals surface area contributed by atoms with Crippen molar-refractivity contribution in [2.45, 2.75) is 128 Å². The molecule has 3 atom stereocenters. The molecule has 4 rings (SSSR count). The molecule has 34 heavy (non-hydrogen) atoms. The molecule has 0 aromatic rings. The molecule has 4 aliphatic rings. The van der Waals surface area contributed by atoms with Crippen LogP contribution in [0.25, 0.3) is 0 Å². The van der Waals surface area contributed by atoms with Gasteiger partial charge in [0.05, 0.1) is 12.1 Å². The summed E-state index contributed by atoms with van der Waals surface area (Å²) in [5.74, 6) is 9.98. The lowest BCUT2D eigenvalue weighted by molar-refractivity contribution is -0.0248. The van der Waals surface area contributed by atoms with Crippen LogP contribution in [-0.2, 0) is 9.47 Å². The number of hydrogen-bond donors (Lipinski definition) is 0. The molecule has 4 saturated carbocycles. The zero-order valence-electron chi connectivity index (χ0n) is 21.7. The summed E-state index contributed by atoms with van der Waals surface area (Å²) >= 11 is 0. The summed E-state index contributed by atoms with van der Waals surface area (Å²) in [6, 6.07) is 0.275. The van der Waals surface area contributed by atoms with Gasteiger partial charge in [0.25, 0.3) is 0 Å². The molecule has 3 nitrogen and oxygen atoms in total. The van der Waals surface area contributed by atoms with Gasteiger partial charge in [-0.25, -0.2) is 4.99 Å². The van der Waals surface area contributed by atoms with E-state index in [0.717, 1.165) is 43.3 Å². The van der Waals surface area contributed by atoms with Gasteiger partial charge in [-0.15, -0.1) is 0 Å². The van der Waals surface area contributed by atoms with Gasteiger partial charge >= 0.3 is 0 Å². The smallest absolute Gasteiger partial charge is 0.110 e. The van der Waals surface area contributed by atoms with Crippen LogP contribution in [0, 0.1) is 41.6 Å². The highest BCUT2D eigenvalue weighted by Gasteiger charge is 2.33. The summed E-state index contributed by atoms with van der Waals surface area (Å²) in [5.41, 5.74) is 0. The summed E-state index contributed by atoms with van der Waals surface area (Å²) < 4.78 is 12.3. The van der Waals surface area contributed by atoms with E-state index in [4.69, 9.17) is 9.47 Å². The lowest BCUT2D eigenvalue weighted by Gasteiger charge is -2.37. The highest BCUT2D eigenvalue weighted by Crippen LogP contribution is 2.38. The van der Waals surface area contributed by atoms with Crippen molar-refractivity contribution in [1.29, 1.82) is 0 Å². The molecule has 0 spiro atoms. The van der Waals surface area contributed by atoms with Crippen molar-refractivity contribution >= 4 is 5.87 Å². The summed E-state index contributed by atoms with van der Waals surface area (Å²) in [6.45, 7) is 5.53. The van der Waals surface area contributed by atoms with Crippen LogP contribution in [-0.4, -0.2) is 31.2 Å². The standard InChI is InChI=1S/C31H49NO2/c1-2-32-30-18-17-29(22-31(30)34-24-28-11-7-4-8-12-28)21-26-15-13-25(14-16-26)19-20-33-23-27-9-5-3-6-10-27/h25-31H,1,3-18,21-24H2. The van der Waals surface area contributed by atoms with Gasteiger partial charge in [0.1, 0.15) is 12.7 Å². The SMILES string of the molecule is C=C=NC1CCC(CC2CCC(C#COCC3CCCCC3)CC2)CC1OCC1CCCCC1. The predicted octanol–water partition coefficient (Wildman–Crippen LogP) is 7.73. The van der Waals surface area contributed by atoms with Gasteiger partial charge in [0.2, 0.25) is 0 Å². The van der Waals surface area contributed by atoms with Crippen molar-refractivity contribution in [3.05, 3.63) is 6.58 Å². The highest BCUT2D eigenvalue weighted by atomic mass is 16.5. The van der Waals surface area contributed by atoms with E-state index in [9.17, 15) is 0 Å². The molecular formula is C31H49NO2. The van der Waals surface area contributed by atoms with Gasteiger partial charge in [0.15, 0.2) is 0 Å². The van der Waals surface area contributed by atoms with Crippen molar-refractivity contribution in [3.63, 3.8) is 0 Å². The maximum atomic E-state index is 6.53. The average Bonchev–Trinajstić information content (AvgIpc) is 2.89. The molecule has 0 radical (unpaired) electrons. The Bertz CT molecular complexity index is 682. The van der Waals surface area contributed by atoms with Gasteiger partial charge < -0.3 is 9.47 Å². The average molecular weight is 468 g/mol. The van der Waals surface area contributed by atoms with E-state index in [0.29, 0.717) is 5.92 Å². The summed E-state index contributed by atoms with van der Waals surface area (Å²) in [5, 5.41) is 0. The van der Waals surface area contributed by atoms with E-state index < -0.39 is 0 Å². The molecule has 0 aromatic carbocycles. The van der Waals surface area contributed by atoms with Gasteiger partial charge in [-0.3, -0.25) is 0 Å². The van der Waals surface area contributed by atoms with Gasteiger partial charge in [-0.05, 0) is 113 Å². The monoisotopic (exact) mass is 467 g/mol. The third kappa shape index (κ3) is 8.46. The van der Waals surface area contributed by atoms with Crippen molar-refractivity contribution in [2.75, 3.05) is 13.2 Å². The Kier molecular flexibility index (Phi) is 10.9. The molecule has 0 amide bonds. The number of ether oxygens (including phenoxy) is 2. The van der Waals surface area contributed by atoms with Crippen LogP contribution in [0.2, 0.25) is 0 Å². The van der Waals surface area contributed by atoms with Crippen LogP contribution in [0.1, 0.15) is 116 Å². The third-order valence-corrected chi connectivity index (χ3v) is 9.29. The molecule has 0 aliphatic heterocycles. The van der Waals surface area contributed by atoms with E-state index >= 15 is 0 Å². The fraction of sp³-hybridized carbons (Fsp3) is 0.871. The maximum Gasteiger partial charge on any atom is 0.110 e.